The van der Waals surface area contributed by atoms with Crippen LogP contribution in [0.4, 0.5) is 0 Å². The van der Waals surface area contributed by atoms with Crippen molar-refractivity contribution in [1.29, 1.82) is 0 Å². The molecule has 3 aromatic carbocycles. The molecule has 3 heteroatoms. The van der Waals surface area contributed by atoms with E-state index >= 15 is 0 Å². The maximum absolute atomic E-state index is 12.2. The molecule has 0 fully saturated rings. The van der Waals surface area contributed by atoms with Gasteiger partial charge in [0.2, 0.25) is 0 Å². The van der Waals surface area contributed by atoms with E-state index in [0.29, 0.717) is 18.1 Å². The Kier molecular flexibility index (Phi) is 11.8. The van der Waals surface area contributed by atoms with Crippen LogP contribution in [-0.2, 0) is 17.6 Å². The molecule has 0 saturated heterocycles. The Morgan fingerprint density at radius 2 is 1.39 bits per heavy atom. The van der Waals surface area contributed by atoms with Crippen molar-refractivity contribution in [1.82, 2.24) is 0 Å². The minimum atomic E-state index is -0.234. The number of unbranched alkanes of at least 4 members (excludes halogenated alkanes) is 6. The molecule has 0 heterocycles. The van der Waals surface area contributed by atoms with Gasteiger partial charge in [-0.1, -0.05) is 102 Å². The number of carbonyl (C=O) groups is 1. The zero-order chi connectivity index (χ0) is 25.6. The lowest BCUT2D eigenvalue weighted by molar-refractivity contribution is 0.0447. The van der Waals surface area contributed by atoms with Crippen molar-refractivity contribution in [2.45, 2.75) is 85.0 Å². The Balaban J connectivity index is 1.44. The number of hydrogen-bond donors (Lipinski definition) is 0. The highest BCUT2D eigenvalue weighted by atomic mass is 16.5. The molecule has 0 bridgehead atoms. The van der Waals surface area contributed by atoms with E-state index in [1.807, 2.05) is 24.3 Å². The van der Waals surface area contributed by atoms with Gasteiger partial charge in [0, 0.05) is 0 Å². The molecular weight excluding hydrogens is 444 g/mol. The Bertz CT molecular complexity index is 1050. The highest BCUT2D eigenvalue weighted by molar-refractivity contribution is 5.89. The molecule has 3 nitrogen and oxygen atoms in total. The van der Waals surface area contributed by atoms with Crippen LogP contribution in [0.15, 0.2) is 60.7 Å². The van der Waals surface area contributed by atoms with Crippen molar-refractivity contribution in [3.8, 4) is 5.75 Å². The first-order chi connectivity index (χ1) is 17.6. The molecule has 0 unspecified atom stereocenters. The van der Waals surface area contributed by atoms with Crippen LogP contribution < -0.4 is 4.74 Å². The molecule has 1 atom stereocenters. The molecule has 0 saturated carbocycles. The number of hydrogen-bond acceptors (Lipinski definition) is 3. The predicted octanol–water partition coefficient (Wildman–Crippen LogP) is 8.96. The minimum absolute atomic E-state index is 0.234. The van der Waals surface area contributed by atoms with Crippen LogP contribution in [0.5, 0.6) is 5.75 Å². The van der Waals surface area contributed by atoms with Gasteiger partial charge < -0.3 is 9.47 Å². The molecule has 0 aliphatic carbocycles. The molecular formula is C33H44O3. The van der Waals surface area contributed by atoms with Gasteiger partial charge in [0.15, 0.2) is 0 Å². The van der Waals surface area contributed by atoms with E-state index in [0.717, 1.165) is 38.0 Å². The number of ether oxygens (including phenoxy) is 2. The van der Waals surface area contributed by atoms with Gasteiger partial charge in [0.1, 0.15) is 5.75 Å². The SMILES string of the molecule is CCCCCCCCCOc1ccc2cc(CCc3ccc(C(=O)OC[C@H](C)CC)cc3)ccc2c1. The third kappa shape index (κ3) is 9.33. The van der Waals surface area contributed by atoms with Gasteiger partial charge in [0.25, 0.3) is 0 Å². The van der Waals surface area contributed by atoms with Crippen molar-refractivity contribution in [3.05, 3.63) is 77.4 Å². The highest BCUT2D eigenvalue weighted by Crippen LogP contribution is 2.23. The minimum Gasteiger partial charge on any atom is -0.494 e. The van der Waals surface area contributed by atoms with Crippen LogP contribution in [0.25, 0.3) is 10.8 Å². The van der Waals surface area contributed by atoms with Crippen LogP contribution in [-0.4, -0.2) is 19.2 Å². The fourth-order valence-corrected chi connectivity index (χ4v) is 4.28. The summed E-state index contributed by atoms with van der Waals surface area (Å²) in [5, 5.41) is 2.46. The molecule has 0 spiro atoms. The van der Waals surface area contributed by atoms with E-state index in [1.54, 1.807) is 0 Å². The highest BCUT2D eigenvalue weighted by Gasteiger charge is 2.09. The van der Waals surface area contributed by atoms with Crippen LogP contribution in [0, 0.1) is 5.92 Å². The van der Waals surface area contributed by atoms with Crippen molar-refractivity contribution in [2.24, 2.45) is 5.92 Å². The van der Waals surface area contributed by atoms with Gasteiger partial charge >= 0.3 is 5.97 Å². The fraction of sp³-hybridized carbons (Fsp3) is 0.485. The normalized spacial score (nSPS) is 12.0. The standard InChI is InChI=1S/C33H44O3/c1-4-6-7-8-9-10-11-22-35-32-21-20-30-23-28(16-19-31(30)24-32)13-12-27-14-17-29(18-15-27)33(34)36-25-26(3)5-2/h14-21,23-24,26H,4-13,22,25H2,1-3H3/t26-/m1/s1. The van der Waals surface area contributed by atoms with E-state index in [9.17, 15) is 4.79 Å². The van der Waals surface area contributed by atoms with Gasteiger partial charge in [-0.15, -0.1) is 0 Å². The van der Waals surface area contributed by atoms with Crippen LogP contribution >= 0.6 is 0 Å². The van der Waals surface area contributed by atoms with Crippen LogP contribution in [0.1, 0.15) is 93.6 Å². The van der Waals surface area contributed by atoms with Crippen molar-refractivity contribution < 1.29 is 14.3 Å². The molecule has 194 valence electrons. The molecule has 0 aromatic heterocycles. The number of carbonyl (C=O) groups excluding carboxylic acids is 1. The second kappa shape index (κ2) is 15.3. The van der Waals surface area contributed by atoms with Gasteiger partial charge in [-0.2, -0.15) is 0 Å². The number of esters is 1. The summed E-state index contributed by atoms with van der Waals surface area (Å²) in [7, 11) is 0. The monoisotopic (exact) mass is 488 g/mol. The van der Waals surface area contributed by atoms with Gasteiger partial charge in [-0.05, 0) is 71.3 Å². The molecule has 0 amide bonds. The number of benzene rings is 3. The largest absolute Gasteiger partial charge is 0.494 e. The van der Waals surface area contributed by atoms with E-state index in [-0.39, 0.29) is 5.97 Å². The van der Waals surface area contributed by atoms with Gasteiger partial charge in [-0.25, -0.2) is 4.79 Å². The predicted molar refractivity (Wildman–Crippen MR) is 151 cm³/mol. The summed E-state index contributed by atoms with van der Waals surface area (Å²) < 4.78 is 11.4. The zero-order valence-electron chi connectivity index (χ0n) is 22.6. The number of aryl methyl sites for hydroxylation is 2. The van der Waals surface area contributed by atoms with E-state index in [1.165, 1.54) is 60.4 Å². The lowest BCUT2D eigenvalue weighted by atomic mass is 10.0. The van der Waals surface area contributed by atoms with Crippen LogP contribution in [0.3, 0.4) is 0 Å². The second-order valence-corrected chi connectivity index (χ2v) is 10.1. The number of rotatable bonds is 16. The van der Waals surface area contributed by atoms with Gasteiger partial charge in [-0.3, -0.25) is 0 Å². The summed E-state index contributed by atoms with van der Waals surface area (Å²) in [5.74, 6) is 1.12. The summed E-state index contributed by atoms with van der Waals surface area (Å²) in [6.45, 7) is 7.73. The second-order valence-electron chi connectivity index (χ2n) is 10.1. The average Bonchev–Trinajstić information content (AvgIpc) is 2.92. The Hall–Kier alpha value is -2.81. The molecule has 0 radical (unpaired) electrons. The first-order valence-electron chi connectivity index (χ1n) is 14.0. The summed E-state index contributed by atoms with van der Waals surface area (Å²) in [6.07, 6.45) is 12.0. The molecule has 3 rings (SSSR count). The van der Waals surface area contributed by atoms with E-state index in [2.05, 4.69) is 57.2 Å². The maximum atomic E-state index is 12.2. The van der Waals surface area contributed by atoms with Gasteiger partial charge in [0.05, 0.1) is 18.8 Å². The maximum Gasteiger partial charge on any atom is 0.338 e. The summed E-state index contributed by atoms with van der Waals surface area (Å²) in [6, 6.07) is 20.9. The summed E-state index contributed by atoms with van der Waals surface area (Å²) in [4.78, 5) is 12.2. The average molecular weight is 489 g/mol. The lowest BCUT2D eigenvalue weighted by Crippen LogP contribution is -2.11. The zero-order valence-corrected chi connectivity index (χ0v) is 22.6. The summed E-state index contributed by atoms with van der Waals surface area (Å²) >= 11 is 0. The Labute approximate surface area is 218 Å². The molecule has 0 N–H and O–H groups in total. The lowest BCUT2D eigenvalue weighted by Gasteiger charge is -2.10. The quantitative estimate of drug-likeness (QED) is 0.149. The Morgan fingerprint density at radius 3 is 2.14 bits per heavy atom. The third-order valence-corrected chi connectivity index (χ3v) is 6.98. The van der Waals surface area contributed by atoms with E-state index < -0.39 is 0 Å². The molecule has 0 aliphatic rings. The first kappa shape index (κ1) is 27.8. The Morgan fingerprint density at radius 1 is 0.750 bits per heavy atom. The van der Waals surface area contributed by atoms with Crippen LogP contribution in [0.2, 0.25) is 0 Å². The van der Waals surface area contributed by atoms with Crippen molar-refractivity contribution >= 4 is 16.7 Å². The number of fused-ring (bicyclic) bond motifs is 1. The van der Waals surface area contributed by atoms with Crippen molar-refractivity contribution in [2.75, 3.05) is 13.2 Å². The van der Waals surface area contributed by atoms with Crippen molar-refractivity contribution in [3.63, 3.8) is 0 Å². The van der Waals surface area contributed by atoms with E-state index in [4.69, 9.17) is 9.47 Å². The molecule has 3 aromatic rings. The smallest absolute Gasteiger partial charge is 0.338 e. The summed E-state index contributed by atoms with van der Waals surface area (Å²) in [5.41, 5.74) is 3.16. The third-order valence-electron chi connectivity index (χ3n) is 6.98. The molecule has 36 heavy (non-hydrogen) atoms. The first-order valence-corrected chi connectivity index (χ1v) is 14.0. The fourth-order valence-electron chi connectivity index (χ4n) is 4.28. The molecule has 0 aliphatic heterocycles. The topological polar surface area (TPSA) is 35.5 Å².